The number of carbonyl (C=O) groups is 4. The van der Waals surface area contributed by atoms with Gasteiger partial charge in [-0.1, -0.05) is 92.7 Å². The maximum Gasteiger partial charge on any atom is 0.338 e. The summed E-state index contributed by atoms with van der Waals surface area (Å²) in [6.07, 6.45) is 0.467. The summed E-state index contributed by atoms with van der Waals surface area (Å²) in [5.41, 5.74) is -4.14. The second kappa shape index (κ2) is 12.4. The molecule has 0 heterocycles. The van der Waals surface area contributed by atoms with Gasteiger partial charge in [0.2, 0.25) is 0 Å². The molecular weight excluding hydrogens is 648 g/mol. The Morgan fingerprint density at radius 2 is 1.41 bits per heavy atom. The van der Waals surface area contributed by atoms with Crippen LogP contribution in [0.15, 0.2) is 114 Å². The third-order valence-electron chi connectivity index (χ3n) is 12.0. The molecule has 0 amide bonds. The lowest BCUT2D eigenvalue weighted by Gasteiger charge is -2.49. The summed E-state index contributed by atoms with van der Waals surface area (Å²) >= 11 is 0. The number of aliphatic hydroxyl groups is 2. The van der Waals surface area contributed by atoms with Gasteiger partial charge < -0.3 is 24.4 Å². The van der Waals surface area contributed by atoms with E-state index < -0.39 is 69.9 Å². The number of ether oxygens (including phenoxy) is 3. The number of hydrogen-bond donors (Lipinski definition) is 2. The molecule has 9 nitrogen and oxygen atoms in total. The van der Waals surface area contributed by atoms with E-state index in [0.717, 1.165) is 5.56 Å². The number of rotatable bonds is 8. The number of benzene rings is 3. The Kier molecular flexibility index (Phi) is 8.42. The van der Waals surface area contributed by atoms with Crippen molar-refractivity contribution in [3.05, 3.63) is 131 Å². The fourth-order valence-corrected chi connectivity index (χ4v) is 9.52. The van der Waals surface area contributed by atoms with E-state index in [9.17, 15) is 24.6 Å². The van der Waals surface area contributed by atoms with Crippen molar-refractivity contribution >= 4 is 23.7 Å². The van der Waals surface area contributed by atoms with Crippen molar-refractivity contribution in [2.24, 2.45) is 28.6 Å². The quantitative estimate of drug-likeness (QED) is 0.180. The molecule has 2 bridgehead atoms. The summed E-state index contributed by atoms with van der Waals surface area (Å²) in [6.45, 7) is 6.83. The fourth-order valence-electron chi connectivity index (χ4n) is 9.52. The van der Waals surface area contributed by atoms with Crippen LogP contribution in [0.1, 0.15) is 60.4 Å². The molecule has 9 unspecified atom stereocenters. The molecule has 2 fully saturated rings. The van der Waals surface area contributed by atoms with E-state index >= 15 is 4.79 Å². The van der Waals surface area contributed by atoms with Crippen LogP contribution in [0.25, 0.3) is 0 Å². The summed E-state index contributed by atoms with van der Waals surface area (Å²) in [5.74, 6) is -4.47. The predicted octanol–water partition coefficient (Wildman–Crippen LogP) is 5.45. The molecule has 0 saturated heterocycles. The molecular formula is C42H42O9. The van der Waals surface area contributed by atoms with Gasteiger partial charge in [0, 0.05) is 17.3 Å². The van der Waals surface area contributed by atoms with Gasteiger partial charge in [-0.3, -0.25) is 9.59 Å². The lowest BCUT2D eigenvalue weighted by molar-refractivity contribution is -0.191. The van der Waals surface area contributed by atoms with Crippen LogP contribution in [0, 0.1) is 28.6 Å². The zero-order valence-corrected chi connectivity index (χ0v) is 29.1. The molecule has 4 aliphatic carbocycles. The van der Waals surface area contributed by atoms with Crippen molar-refractivity contribution < 1.29 is 43.6 Å². The van der Waals surface area contributed by atoms with Crippen LogP contribution >= 0.6 is 0 Å². The molecule has 9 heteroatoms. The third kappa shape index (κ3) is 5.12. The Hall–Kier alpha value is -4.86. The van der Waals surface area contributed by atoms with Crippen LogP contribution in [0.2, 0.25) is 0 Å². The molecule has 4 aliphatic rings. The molecule has 264 valence electrons. The number of carbonyl (C=O) groups excluding carboxylic acids is 4. The van der Waals surface area contributed by atoms with Gasteiger partial charge in [0.25, 0.3) is 0 Å². The van der Waals surface area contributed by atoms with Crippen molar-refractivity contribution in [3.63, 3.8) is 0 Å². The van der Waals surface area contributed by atoms with Crippen molar-refractivity contribution in [1.82, 2.24) is 0 Å². The van der Waals surface area contributed by atoms with Gasteiger partial charge in [-0.05, 0) is 67.2 Å². The largest absolute Gasteiger partial charge is 0.461 e. The Balaban J connectivity index is 1.30. The molecule has 0 aliphatic heterocycles. The molecule has 7 rings (SSSR count). The number of esters is 3. The molecule has 2 N–H and O–H groups in total. The predicted molar refractivity (Wildman–Crippen MR) is 186 cm³/mol. The maximum absolute atomic E-state index is 15.3. The average Bonchev–Trinajstić information content (AvgIpc) is 3.57. The Bertz CT molecular complexity index is 1940. The van der Waals surface area contributed by atoms with Crippen LogP contribution in [0.3, 0.4) is 0 Å². The molecule has 2 saturated carbocycles. The molecule has 0 aromatic heterocycles. The van der Waals surface area contributed by atoms with Gasteiger partial charge >= 0.3 is 17.9 Å². The van der Waals surface area contributed by atoms with Gasteiger partial charge in [0.1, 0.15) is 18.3 Å². The number of fused-ring (bicyclic) bond motifs is 3. The molecule has 9 atom stereocenters. The van der Waals surface area contributed by atoms with Gasteiger partial charge in [0.15, 0.2) is 17.5 Å². The molecule has 51 heavy (non-hydrogen) atoms. The van der Waals surface area contributed by atoms with Gasteiger partial charge in [-0.15, -0.1) is 0 Å². The van der Waals surface area contributed by atoms with E-state index in [1.54, 1.807) is 93.6 Å². The highest BCUT2D eigenvalue weighted by atomic mass is 16.6. The van der Waals surface area contributed by atoms with E-state index in [1.165, 1.54) is 0 Å². The summed E-state index contributed by atoms with van der Waals surface area (Å²) < 4.78 is 18.4. The first-order valence-corrected chi connectivity index (χ1v) is 17.4. The van der Waals surface area contributed by atoms with E-state index in [0.29, 0.717) is 16.7 Å². The van der Waals surface area contributed by atoms with Crippen LogP contribution in [-0.2, 0) is 30.2 Å². The van der Waals surface area contributed by atoms with Gasteiger partial charge in [-0.25, -0.2) is 9.59 Å². The summed E-state index contributed by atoms with van der Waals surface area (Å²) in [6, 6.07) is 26.1. The minimum absolute atomic E-state index is 0.0125. The van der Waals surface area contributed by atoms with Crippen molar-refractivity contribution in [1.29, 1.82) is 0 Å². The number of allylic oxidation sites excluding steroid dienone is 1. The Labute approximate surface area is 296 Å². The monoisotopic (exact) mass is 690 g/mol. The standard InChI is InChI=1S/C42H42O9/c1-25-20-31-33-39(4,24-49-37(46)29-16-10-6-11-17-29)41(33,51-32(43)21-28-14-8-5-9-15-28)23-27(3)40(35(31)45)22-26(2)36(42(40,48)34(25)44)50-38(47)30-18-12-7-13-19-30/h5-20,22,27,31,33-34,36,44,48H,21,23-24H2,1-4H3. The first-order chi connectivity index (χ1) is 24.3. The van der Waals surface area contributed by atoms with Crippen LogP contribution in [0.5, 0.6) is 0 Å². The van der Waals surface area contributed by atoms with Gasteiger partial charge in [-0.2, -0.15) is 0 Å². The lowest BCUT2D eigenvalue weighted by atomic mass is 9.59. The smallest absolute Gasteiger partial charge is 0.338 e. The first kappa shape index (κ1) is 34.6. The summed E-state index contributed by atoms with van der Waals surface area (Å²) in [7, 11) is 0. The minimum atomic E-state index is -2.27. The molecule has 1 spiro atoms. The average molecular weight is 691 g/mol. The Morgan fingerprint density at radius 3 is 2.02 bits per heavy atom. The van der Waals surface area contributed by atoms with E-state index in [4.69, 9.17) is 14.2 Å². The first-order valence-electron chi connectivity index (χ1n) is 17.4. The van der Waals surface area contributed by atoms with Crippen LogP contribution < -0.4 is 0 Å². The number of ketones is 1. The fraction of sp³-hybridized carbons (Fsp3) is 0.381. The maximum atomic E-state index is 15.3. The SMILES string of the molecule is CC1=CC2C(=O)C3(C=C(C)C(OC(=O)c4ccccc4)C3(O)C1O)C(C)CC1(OC(=O)Cc3ccccc3)C2C1(C)COC(=O)c1ccccc1. The van der Waals surface area contributed by atoms with Crippen LogP contribution in [-0.4, -0.2) is 63.9 Å². The second-order valence-corrected chi connectivity index (χ2v) is 14.9. The zero-order chi connectivity index (χ0) is 36.3. The lowest BCUT2D eigenvalue weighted by Crippen LogP contribution is -2.65. The van der Waals surface area contributed by atoms with E-state index in [1.807, 2.05) is 37.3 Å². The normalized spacial score (nSPS) is 34.8. The van der Waals surface area contributed by atoms with E-state index in [-0.39, 0.29) is 30.8 Å². The number of aliphatic hydroxyl groups excluding tert-OH is 1. The van der Waals surface area contributed by atoms with Gasteiger partial charge in [0.05, 0.1) is 23.0 Å². The highest BCUT2D eigenvalue weighted by Gasteiger charge is 2.85. The second-order valence-electron chi connectivity index (χ2n) is 14.9. The molecule has 0 radical (unpaired) electrons. The minimum Gasteiger partial charge on any atom is -0.461 e. The van der Waals surface area contributed by atoms with Crippen LogP contribution in [0.4, 0.5) is 0 Å². The topological polar surface area (TPSA) is 136 Å². The summed E-state index contributed by atoms with van der Waals surface area (Å²) in [5, 5.41) is 24.9. The highest BCUT2D eigenvalue weighted by molar-refractivity contribution is 5.96. The Morgan fingerprint density at radius 1 is 0.843 bits per heavy atom. The molecule has 3 aromatic carbocycles. The van der Waals surface area contributed by atoms with Crippen molar-refractivity contribution in [3.8, 4) is 0 Å². The van der Waals surface area contributed by atoms with Crippen molar-refractivity contribution in [2.75, 3.05) is 6.61 Å². The highest BCUT2D eigenvalue weighted by Crippen LogP contribution is 2.75. The summed E-state index contributed by atoms with van der Waals surface area (Å²) in [4.78, 5) is 55.6. The third-order valence-corrected chi connectivity index (χ3v) is 12.0. The van der Waals surface area contributed by atoms with E-state index in [2.05, 4.69) is 0 Å². The number of hydrogen-bond acceptors (Lipinski definition) is 9. The zero-order valence-electron chi connectivity index (χ0n) is 29.1. The van der Waals surface area contributed by atoms with Crippen molar-refractivity contribution in [2.45, 2.75) is 63.9 Å². The number of Topliss-reactive ketones (excluding diaryl/α,β-unsaturated/α-hetero) is 1. The molecule has 3 aromatic rings.